The van der Waals surface area contributed by atoms with Gasteiger partial charge in [-0.15, -0.1) is 0 Å². The van der Waals surface area contributed by atoms with Crippen LogP contribution >= 0.6 is 0 Å². The Kier molecular flexibility index (Phi) is 2.83. The van der Waals surface area contributed by atoms with Crippen molar-refractivity contribution in [2.24, 2.45) is 0 Å². The molecule has 0 aliphatic heterocycles. The van der Waals surface area contributed by atoms with Gasteiger partial charge in [0.15, 0.2) is 0 Å². The molecule has 1 N–H and O–H groups in total. The van der Waals surface area contributed by atoms with Crippen LogP contribution in [-0.2, 0) is 0 Å². The number of ether oxygens (including phenoxy) is 1. The Morgan fingerprint density at radius 2 is 1.85 bits per heavy atom. The minimum Gasteiger partial charge on any atom is -0.431 e. The average molecular weight is 188 g/mol. The van der Waals surface area contributed by atoms with Crippen LogP contribution in [-0.4, -0.2) is 17.8 Å². The molecule has 1 aromatic carbocycles. The number of aryl methyl sites for hydroxylation is 1. The molecule has 13 heavy (non-hydrogen) atoms. The summed E-state index contributed by atoms with van der Waals surface area (Å²) >= 11 is 0. The number of rotatable bonds is 3. The maximum Gasteiger partial charge on any atom is 0.421 e. The van der Waals surface area contributed by atoms with E-state index in [1.54, 1.807) is 12.1 Å². The monoisotopic (exact) mass is 188 g/mol. The molecule has 0 atom stereocenters. The fourth-order valence-corrected chi connectivity index (χ4v) is 0.811. The molecule has 0 aliphatic rings. The van der Waals surface area contributed by atoms with Crippen molar-refractivity contribution in [2.45, 2.75) is 13.0 Å². The van der Waals surface area contributed by atoms with Crippen molar-refractivity contribution in [3.05, 3.63) is 29.8 Å². The molecule has 0 unspecified atom stereocenters. The third kappa shape index (κ3) is 2.99. The van der Waals surface area contributed by atoms with E-state index in [0.29, 0.717) is 0 Å². The van der Waals surface area contributed by atoms with E-state index in [1.165, 1.54) is 12.1 Å². The van der Waals surface area contributed by atoms with Crippen molar-refractivity contribution in [1.29, 1.82) is 0 Å². The first-order valence-corrected chi connectivity index (χ1v) is 3.78. The van der Waals surface area contributed by atoms with Crippen molar-refractivity contribution in [3.8, 4) is 5.75 Å². The Labute approximate surface area is 74.8 Å². The summed E-state index contributed by atoms with van der Waals surface area (Å²) in [6.07, 6.45) is -3.50. The van der Waals surface area contributed by atoms with Gasteiger partial charge in [0.2, 0.25) is 0 Å². The van der Waals surface area contributed by atoms with Gasteiger partial charge in [0.1, 0.15) is 12.4 Å². The molecule has 72 valence electrons. The summed E-state index contributed by atoms with van der Waals surface area (Å²) in [5.41, 5.74) is 0.958. The molecule has 0 fully saturated rings. The summed E-state index contributed by atoms with van der Waals surface area (Å²) in [4.78, 5) is 0. The van der Waals surface area contributed by atoms with Crippen LogP contribution in [0.2, 0.25) is 0 Å². The molecule has 2 nitrogen and oxygen atoms in total. The Morgan fingerprint density at radius 1 is 1.31 bits per heavy atom. The molecule has 1 aromatic rings. The summed E-state index contributed by atoms with van der Waals surface area (Å²) in [5.74, 6) is 0.0460. The van der Waals surface area contributed by atoms with Crippen molar-refractivity contribution >= 4 is 0 Å². The van der Waals surface area contributed by atoms with Crippen LogP contribution in [0, 0.1) is 6.92 Å². The van der Waals surface area contributed by atoms with Crippen molar-refractivity contribution < 1.29 is 18.6 Å². The zero-order valence-corrected chi connectivity index (χ0v) is 7.13. The second kappa shape index (κ2) is 3.70. The number of aliphatic hydroxyl groups is 1. The van der Waals surface area contributed by atoms with Crippen LogP contribution in [0.5, 0.6) is 5.75 Å². The third-order valence-corrected chi connectivity index (χ3v) is 1.47. The lowest BCUT2D eigenvalue weighted by atomic mass is 10.2. The summed E-state index contributed by atoms with van der Waals surface area (Å²) in [6.45, 7) is 0.523. The molecule has 0 heterocycles. The van der Waals surface area contributed by atoms with Gasteiger partial charge in [-0.1, -0.05) is 17.7 Å². The molecular formula is C9H10F2O2. The van der Waals surface area contributed by atoms with Crippen molar-refractivity contribution in [2.75, 3.05) is 6.61 Å². The van der Waals surface area contributed by atoms with Crippen LogP contribution in [0.3, 0.4) is 0 Å². The van der Waals surface area contributed by atoms with E-state index in [4.69, 9.17) is 5.11 Å². The largest absolute Gasteiger partial charge is 0.431 e. The average Bonchev–Trinajstić information content (AvgIpc) is 2.09. The van der Waals surface area contributed by atoms with Gasteiger partial charge in [-0.3, -0.25) is 0 Å². The number of benzene rings is 1. The highest BCUT2D eigenvalue weighted by Crippen LogP contribution is 2.20. The second-order valence-corrected chi connectivity index (χ2v) is 2.71. The van der Waals surface area contributed by atoms with Gasteiger partial charge < -0.3 is 9.84 Å². The first-order valence-electron chi connectivity index (χ1n) is 3.78. The standard InChI is InChI=1S/C9H10F2O2/c1-7-2-4-8(5-3-7)13-9(10,11)6-12/h2-5,12H,6H2,1H3. The summed E-state index contributed by atoms with van der Waals surface area (Å²) in [7, 11) is 0. The SMILES string of the molecule is Cc1ccc(OC(F)(F)CO)cc1. The topological polar surface area (TPSA) is 29.5 Å². The lowest BCUT2D eigenvalue weighted by Crippen LogP contribution is -2.28. The van der Waals surface area contributed by atoms with E-state index < -0.39 is 12.7 Å². The molecule has 0 amide bonds. The van der Waals surface area contributed by atoms with E-state index in [0.717, 1.165) is 5.56 Å². The summed E-state index contributed by atoms with van der Waals surface area (Å²) in [6, 6.07) is 6.17. The molecule has 0 radical (unpaired) electrons. The molecule has 0 saturated heterocycles. The van der Waals surface area contributed by atoms with Gasteiger partial charge in [-0.25, -0.2) is 0 Å². The van der Waals surface area contributed by atoms with Gasteiger partial charge in [-0.05, 0) is 19.1 Å². The van der Waals surface area contributed by atoms with Crippen LogP contribution in [0.25, 0.3) is 0 Å². The molecule has 4 heteroatoms. The van der Waals surface area contributed by atoms with E-state index in [2.05, 4.69) is 4.74 Å². The van der Waals surface area contributed by atoms with Crippen LogP contribution in [0.4, 0.5) is 8.78 Å². The van der Waals surface area contributed by atoms with Crippen LogP contribution < -0.4 is 4.74 Å². The molecule has 0 spiro atoms. The normalized spacial score (nSPS) is 11.4. The van der Waals surface area contributed by atoms with Crippen molar-refractivity contribution in [3.63, 3.8) is 0 Å². The second-order valence-electron chi connectivity index (χ2n) is 2.71. The van der Waals surface area contributed by atoms with E-state index in [-0.39, 0.29) is 5.75 Å². The summed E-state index contributed by atoms with van der Waals surface area (Å²) < 4.78 is 29.2. The lowest BCUT2D eigenvalue weighted by Gasteiger charge is -2.14. The highest BCUT2D eigenvalue weighted by Gasteiger charge is 2.30. The molecular weight excluding hydrogens is 178 g/mol. The van der Waals surface area contributed by atoms with E-state index >= 15 is 0 Å². The van der Waals surface area contributed by atoms with E-state index in [9.17, 15) is 8.78 Å². The third-order valence-electron chi connectivity index (χ3n) is 1.47. The first-order chi connectivity index (χ1) is 6.03. The molecule has 1 rings (SSSR count). The fourth-order valence-electron chi connectivity index (χ4n) is 0.811. The van der Waals surface area contributed by atoms with Gasteiger partial charge in [0.25, 0.3) is 0 Å². The fraction of sp³-hybridized carbons (Fsp3) is 0.333. The molecule has 0 aromatic heterocycles. The minimum absolute atomic E-state index is 0.0460. The Balaban J connectivity index is 2.69. The zero-order chi connectivity index (χ0) is 9.90. The Morgan fingerprint density at radius 3 is 2.31 bits per heavy atom. The quantitative estimate of drug-likeness (QED) is 0.785. The molecule has 0 bridgehead atoms. The lowest BCUT2D eigenvalue weighted by molar-refractivity contribution is -0.200. The van der Waals surface area contributed by atoms with Gasteiger partial charge in [0, 0.05) is 0 Å². The minimum atomic E-state index is -3.50. The van der Waals surface area contributed by atoms with Gasteiger partial charge >= 0.3 is 6.11 Å². The number of hydrogen-bond donors (Lipinski definition) is 1. The summed E-state index contributed by atoms with van der Waals surface area (Å²) in [5, 5.41) is 8.23. The molecule has 0 aliphatic carbocycles. The number of aliphatic hydroxyl groups excluding tert-OH is 1. The maximum absolute atomic E-state index is 12.5. The highest BCUT2D eigenvalue weighted by atomic mass is 19.3. The van der Waals surface area contributed by atoms with E-state index in [1.807, 2.05) is 6.92 Å². The first kappa shape index (κ1) is 9.92. The number of hydrogen-bond acceptors (Lipinski definition) is 2. The Hall–Kier alpha value is -1.16. The highest BCUT2D eigenvalue weighted by molar-refractivity contribution is 5.26. The van der Waals surface area contributed by atoms with Crippen molar-refractivity contribution in [1.82, 2.24) is 0 Å². The van der Waals surface area contributed by atoms with Crippen LogP contribution in [0.15, 0.2) is 24.3 Å². The number of halogens is 2. The molecule has 0 saturated carbocycles. The zero-order valence-electron chi connectivity index (χ0n) is 7.13. The predicted octanol–water partition coefficient (Wildman–Crippen LogP) is 1.96. The Bertz CT molecular complexity index is 269. The number of alkyl halides is 2. The maximum atomic E-state index is 12.5. The van der Waals surface area contributed by atoms with Gasteiger partial charge in [-0.2, -0.15) is 8.78 Å². The predicted molar refractivity (Wildman–Crippen MR) is 43.8 cm³/mol. The van der Waals surface area contributed by atoms with Gasteiger partial charge in [0.05, 0.1) is 0 Å². The smallest absolute Gasteiger partial charge is 0.421 e. The van der Waals surface area contributed by atoms with Crippen LogP contribution in [0.1, 0.15) is 5.56 Å².